The highest BCUT2D eigenvalue weighted by molar-refractivity contribution is 6.39. The fourth-order valence-corrected chi connectivity index (χ4v) is 3.93. The van der Waals surface area contributed by atoms with Crippen molar-refractivity contribution >= 4 is 29.1 Å². The van der Waals surface area contributed by atoms with Crippen LogP contribution in [0.15, 0.2) is 18.2 Å². The Morgan fingerprint density at radius 3 is 2.62 bits per heavy atom. The number of nitrogens with zero attached hydrogens (tertiary/aromatic N) is 1. The Bertz CT molecular complexity index is 629. The van der Waals surface area contributed by atoms with Crippen molar-refractivity contribution in [1.29, 1.82) is 0 Å². The summed E-state index contributed by atoms with van der Waals surface area (Å²) in [7, 11) is 0. The largest absolute Gasteiger partial charge is 0.344 e. The first kappa shape index (κ1) is 17.2. The first-order chi connectivity index (χ1) is 11.5. The second-order valence-electron chi connectivity index (χ2n) is 6.81. The fourth-order valence-electron chi connectivity index (χ4n) is 3.70. The zero-order valence-electron chi connectivity index (χ0n) is 14.0. The van der Waals surface area contributed by atoms with Crippen LogP contribution < -0.4 is 10.6 Å². The normalized spacial score (nSPS) is 21.8. The van der Waals surface area contributed by atoms with Crippen molar-refractivity contribution in [2.75, 3.05) is 18.4 Å². The highest BCUT2D eigenvalue weighted by Crippen LogP contribution is 2.26. The van der Waals surface area contributed by atoms with Gasteiger partial charge in [0, 0.05) is 35.9 Å². The maximum Gasteiger partial charge on any atom is 0.313 e. The van der Waals surface area contributed by atoms with Gasteiger partial charge in [-0.1, -0.05) is 24.4 Å². The van der Waals surface area contributed by atoms with E-state index in [9.17, 15) is 9.59 Å². The quantitative estimate of drug-likeness (QED) is 0.825. The van der Waals surface area contributed by atoms with Gasteiger partial charge in [0.25, 0.3) is 0 Å². The molecule has 2 N–H and O–H groups in total. The Morgan fingerprint density at radius 1 is 1.17 bits per heavy atom. The second-order valence-corrected chi connectivity index (χ2v) is 7.24. The summed E-state index contributed by atoms with van der Waals surface area (Å²) in [4.78, 5) is 26.7. The minimum atomic E-state index is -0.625. The molecule has 1 atom stereocenters. The van der Waals surface area contributed by atoms with Crippen LogP contribution in [0.3, 0.4) is 0 Å². The number of benzene rings is 1. The number of hydrogen-bond donors (Lipinski definition) is 2. The predicted octanol–water partition coefficient (Wildman–Crippen LogP) is 2.72. The zero-order chi connectivity index (χ0) is 17.1. The smallest absolute Gasteiger partial charge is 0.313 e. The summed E-state index contributed by atoms with van der Waals surface area (Å²) >= 11 is 5.90. The lowest BCUT2D eigenvalue weighted by atomic mass is 10.2. The molecule has 24 heavy (non-hydrogen) atoms. The van der Waals surface area contributed by atoms with Crippen LogP contribution in [0, 0.1) is 6.92 Å². The molecule has 3 rings (SSSR count). The van der Waals surface area contributed by atoms with E-state index in [-0.39, 0.29) is 6.04 Å². The van der Waals surface area contributed by atoms with Gasteiger partial charge in [0.2, 0.25) is 0 Å². The van der Waals surface area contributed by atoms with E-state index in [2.05, 4.69) is 15.5 Å². The fraction of sp³-hybridized carbons (Fsp3) is 0.556. The molecule has 1 saturated carbocycles. The van der Waals surface area contributed by atoms with E-state index in [4.69, 9.17) is 11.6 Å². The van der Waals surface area contributed by atoms with Gasteiger partial charge in [-0.3, -0.25) is 14.5 Å². The molecule has 0 radical (unpaired) electrons. The Labute approximate surface area is 147 Å². The summed E-state index contributed by atoms with van der Waals surface area (Å²) in [5.41, 5.74) is 1.44. The summed E-state index contributed by atoms with van der Waals surface area (Å²) < 4.78 is 0. The van der Waals surface area contributed by atoms with Crippen LogP contribution in [-0.2, 0) is 9.59 Å². The summed E-state index contributed by atoms with van der Waals surface area (Å²) in [6.45, 7) is 3.70. The third-order valence-electron chi connectivity index (χ3n) is 5.04. The molecular weight excluding hydrogens is 326 g/mol. The van der Waals surface area contributed by atoms with Crippen molar-refractivity contribution < 1.29 is 9.59 Å². The Hall–Kier alpha value is -1.59. The highest BCUT2D eigenvalue weighted by atomic mass is 35.5. The molecule has 2 fully saturated rings. The van der Waals surface area contributed by atoms with Gasteiger partial charge < -0.3 is 10.6 Å². The van der Waals surface area contributed by atoms with E-state index in [0.29, 0.717) is 16.8 Å². The summed E-state index contributed by atoms with van der Waals surface area (Å²) in [6, 6.07) is 5.89. The third-order valence-corrected chi connectivity index (χ3v) is 5.27. The number of nitrogens with one attached hydrogen (secondary N) is 2. The van der Waals surface area contributed by atoms with Crippen molar-refractivity contribution in [3.05, 3.63) is 28.8 Å². The van der Waals surface area contributed by atoms with Gasteiger partial charge in [0.15, 0.2) is 0 Å². The SMILES string of the molecule is Cc1cc(Cl)ccc1NC(=O)C(=O)NC1CCN(C2CCCC2)C1. The van der Waals surface area contributed by atoms with Crippen LogP contribution in [0.4, 0.5) is 5.69 Å². The van der Waals surface area contributed by atoms with Gasteiger partial charge in [0.05, 0.1) is 0 Å². The maximum absolute atomic E-state index is 12.1. The van der Waals surface area contributed by atoms with E-state index < -0.39 is 11.8 Å². The van der Waals surface area contributed by atoms with Gasteiger partial charge in [0.1, 0.15) is 0 Å². The Morgan fingerprint density at radius 2 is 1.92 bits per heavy atom. The van der Waals surface area contributed by atoms with Crippen molar-refractivity contribution in [2.45, 2.75) is 51.1 Å². The zero-order valence-corrected chi connectivity index (χ0v) is 14.7. The number of rotatable bonds is 3. The molecule has 0 aromatic heterocycles. The van der Waals surface area contributed by atoms with Crippen LogP contribution in [0.25, 0.3) is 0 Å². The van der Waals surface area contributed by atoms with Gasteiger partial charge >= 0.3 is 11.8 Å². The summed E-state index contributed by atoms with van der Waals surface area (Å²) in [5.74, 6) is -1.19. The minimum Gasteiger partial charge on any atom is -0.344 e. The molecule has 1 heterocycles. The average Bonchev–Trinajstić information content (AvgIpc) is 3.20. The van der Waals surface area contributed by atoms with Crippen LogP contribution in [-0.4, -0.2) is 41.9 Å². The van der Waals surface area contributed by atoms with Crippen LogP contribution in [0.1, 0.15) is 37.7 Å². The number of aryl methyl sites for hydroxylation is 1. The number of anilines is 1. The standard InChI is InChI=1S/C18H24ClN3O2/c1-12-10-13(19)6-7-16(12)21-18(24)17(23)20-14-8-9-22(11-14)15-4-2-3-5-15/h6-7,10,14-15H,2-5,8-9,11H2,1H3,(H,20,23)(H,21,24). The number of halogens is 1. The maximum atomic E-state index is 12.1. The van der Waals surface area contributed by atoms with E-state index in [1.807, 2.05) is 6.92 Å². The van der Waals surface area contributed by atoms with Gasteiger partial charge in [-0.15, -0.1) is 0 Å². The van der Waals surface area contributed by atoms with Crippen molar-refractivity contribution in [2.24, 2.45) is 0 Å². The van der Waals surface area contributed by atoms with E-state index >= 15 is 0 Å². The number of carbonyl (C=O) groups is 2. The molecule has 1 aliphatic carbocycles. The molecule has 1 saturated heterocycles. The van der Waals surface area contributed by atoms with Crippen LogP contribution >= 0.6 is 11.6 Å². The molecule has 2 amide bonds. The lowest BCUT2D eigenvalue weighted by molar-refractivity contribution is -0.136. The van der Waals surface area contributed by atoms with Crippen molar-refractivity contribution in [3.8, 4) is 0 Å². The van der Waals surface area contributed by atoms with Gasteiger partial charge in [-0.2, -0.15) is 0 Å². The van der Waals surface area contributed by atoms with E-state index in [1.54, 1.807) is 18.2 Å². The van der Waals surface area contributed by atoms with Crippen LogP contribution in [0.5, 0.6) is 0 Å². The molecule has 2 aliphatic rings. The highest BCUT2D eigenvalue weighted by Gasteiger charge is 2.31. The molecule has 1 aliphatic heterocycles. The molecule has 130 valence electrons. The van der Waals surface area contributed by atoms with Gasteiger partial charge in [-0.05, 0) is 49.9 Å². The Balaban J connectivity index is 1.50. The van der Waals surface area contributed by atoms with Crippen LogP contribution in [0.2, 0.25) is 5.02 Å². The monoisotopic (exact) mass is 349 g/mol. The molecule has 0 spiro atoms. The molecule has 5 nitrogen and oxygen atoms in total. The van der Waals surface area contributed by atoms with Crippen molar-refractivity contribution in [3.63, 3.8) is 0 Å². The lowest BCUT2D eigenvalue weighted by Gasteiger charge is -2.23. The third kappa shape index (κ3) is 4.08. The number of amides is 2. The van der Waals surface area contributed by atoms with E-state index in [0.717, 1.165) is 25.1 Å². The Kier molecular flexibility index (Phi) is 5.41. The first-order valence-electron chi connectivity index (χ1n) is 8.65. The lowest BCUT2D eigenvalue weighted by Crippen LogP contribution is -2.44. The topological polar surface area (TPSA) is 61.4 Å². The number of hydrogen-bond acceptors (Lipinski definition) is 3. The predicted molar refractivity (Wildman–Crippen MR) is 95.2 cm³/mol. The van der Waals surface area contributed by atoms with Gasteiger partial charge in [-0.25, -0.2) is 0 Å². The molecule has 1 aromatic rings. The molecule has 0 bridgehead atoms. The summed E-state index contributed by atoms with van der Waals surface area (Å²) in [6.07, 6.45) is 6.05. The number of carbonyl (C=O) groups excluding carboxylic acids is 2. The molecule has 1 aromatic carbocycles. The van der Waals surface area contributed by atoms with Crippen molar-refractivity contribution in [1.82, 2.24) is 10.2 Å². The second kappa shape index (κ2) is 7.53. The molecule has 1 unspecified atom stereocenters. The minimum absolute atomic E-state index is 0.0650. The number of likely N-dealkylation sites (tertiary alicyclic amines) is 1. The molecule has 6 heteroatoms. The van der Waals surface area contributed by atoms with E-state index in [1.165, 1.54) is 25.7 Å². The summed E-state index contributed by atoms with van der Waals surface area (Å²) in [5, 5.41) is 6.12. The first-order valence-corrected chi connectivity index (χ1v) is 9.03. The molecular formula is C18H24ClN3O2. The average molecular weight is 350 g/mol.